The number of rotatable bonds is 9. The van der Waals surface area contributed by atoms with Gasteiger partial charge in [0.25, 0.3) is 33.4 Å². The first-order valence-electron chi connectivity index (χ1n) is 42.4. The number of para-hydroxylation sites is 1. The Hall–Kier alpha value is -11.4. The van der Waals surface area contributed by atoms with Gasteiger partial charge in [0.2, 0.25) is 0 Å². The number of fused-ring (bicyclic) bond motifs is 9. The fourth-order valence-electron chi connectivity index (χ4n) is 22.2. The molecule has 0 amide bonds. The lowest BCUT2D eigenvalue weighted by Gasteiger charge is -2.21. The molecule has 9 nitrogen and oxygen atoms in total. The van der Waals surface area contributed by atoms with E-state index in [0.29, 0.717) is 49.4 Å². The van der Waals surface area contributed by atoms with Crippen molar-refractivity contribution in [3.63, 3.8) is 0 Å². The lowest BCUT2D eigenvalue weighted by molar-refractivity contribution is 0.979. The highest BCUT2D eigenvalue weighted by molar-refractivity contribution is 6.94. The number of benzene rings is 18. The highest BCUT2D eigenvalue weighted by atomic mass is 28.3. The van der Waals surface area contributed by atoms with Crippen molar-refractivity contribution >= 4 is 273 Å². The van der Waals surface area contributed by atoms with Crippen LogP contribution in [0.1, 0.15) is 16.7 Å². The second-order valence-electron chi connectivity index (χ2n) is 41.4. The Bertz CT molecular complexity index is 8520. The molecular weight excluding hydrogens is 1570 g/mol. The summed E-state index contributed by atoms with van der Waals surface area (Å²) in [6, 6.07) is 64.3. The van der Waals surface area contributed by atoms with Gasteiger partial charge in [-0.25, -0.2) is 13.7 Å². The zero-order valence-electron chi connectivity index (χ0n) is 72.1. The minimum atomic E-state index is -1.82. The molecule has 588 valence electrons. The molecule has 3 heterocycles. The molecule has 0 N–H and O–H groups in total. The molecule has 24 aromatic rings. The van der Waals surface area contributed by atoms with E-state index in [0.717, 1.165) is 81.3 Å². The highest BCUT2D eigenvalue weighted by Crippen LogP contribution is 2.54. The van der Waals surface area contributed by atoms with E-state index in [4.69, 9.17) is 0 Å². The summed E-state index contributed by atoms with van der Waals surface area (Å²) in [5.41, 5.74) is 3.78. The molecule has 0 saturated carbocycles. The van der Waals surface area contributed by atoms with Crippen molar-refractivity contribution < 1.29 is 0 Å². The second-order valence-corrected chi connectivity index (χ2v) is 71.6. The van der Waals surface area contributed by atoms with Crippen molar-refractivity contribution in [1.29, 1.82) is 0 Å². The van der Waals surface area contributed by atoms with Gasteiger partial charge in [-0.1, -0.05) is 306 Å². The van der Waals surface area contributed by atoms with E-state index in [1.165, 1.54) is 142 Å². The molecule has 15 heteroatoms. The number of aryl methyl sites for hydroxylation is 3. The quantitative estimate of drug-likeness (QED) is 0.105. The van der Waals surface area contributed by atoms with Crippen LogP contribution < -0.4 is 64.5 Å². The molecule has 0 aliphatic carbocycles. The van der Waals surface area contributed by atoms with Crippen LogP contribution in [0.5, 0.6) is 0 Å². The van der Waals surface area contributed by atoms with E-state index >= 15 is 0 Å². The summed E-state index contributed by atoms with van der Waals surface area (Å²) in [6.45, 7) is 48.7. The van der Waals surface area contributed by atoms with Crippen molar-refractivity contribution in [1.82, 2.24) is 13.7 Å². The average molecular weight is 1660 g/mol. The second kappa shape index (κ2) is 24.0. The first-order chi connectivity index (χ1) is 56.6. The molecule has 0 spiro atoms. The molecule has 0 fully saturated rings. The molecule has 120 heavy (non-hydrogen) atoms. The van der Waals surface area contributed by atoms with Crippen LogP contribution >= 0.6 is 0 Å². The molecule has 21 aromatic carbocycles. The monoisotopic (exact) mass is 1660 g/mol. The summed E-state index contributed by atoms with van der Waals surface area (Å²) in [5, 5.41) is 47.5. The maximum Gasteiger partial charge on any atom is 0.266 e. The third kappa shape index (κ3) is 9.72. The number of aromatic nitrogens is 3. The summed E-state index contributed by atoms with van der Waals surface area (Å²) < 4.78 is 4.26. The first-order valence-corrected chi connectivity index (χ1v) is 63.4. The molecule has 0 bridgehead atoms. The van der Waals surface area contributed by atoms with E-state index in [2.05, 4.69) is 227 Å². The van der Waals surface area contributed by atoms with Crippen LogP contribution in [-0.2, 0) is 0 Å². The third-order valence-electron chi connectivity index (χ3n) is 27.5. The van der Waals surface area contributed by atoms with Gasteiger partial charge in [0.15, 0.2) is 0 Å². The fraction of sp³-hybridized carbons (Fsp3) is 0.200. The van der Waals surface area contributed by atoms with Crippen molar-refractivity contribution in [2.75, 3.05) is 0 Å². The topological polar surface area (TPSA) is 117 Å². The number of hydrogen-bond acceptors (Lipinski definition) is 6. The van der Waals surface area contributed by atoms with E-state index in [1.54, 1.807) is 0 Å². The molecule has 0 aliphatic heterocycles. The van der Waals surface area contributed by atoms with Crippen LogP contribution in [0.2, 0.25) is 118 Å². The van der Waals surface area contributed by atoms with Crippen LogP contribution in [0.25, 0.3) is 211 Å². The zero-order chi connectivity index (χ0) is 84.1. The summed E-state index contributed by atoms with van der Waals surface area (Å²) >= 11 is 0. The Kier molecular flexibility index (Phi) is 15.0. The maximum absolute atomic E-state index is 14.5. The zero-order valence-corrected chi connectivity index (χ0v) is 78.1. The molecule has 0 aliphatic rings. The van der Waals surface area contributed by atoms with Gasteiger partial charge in [0.05, 0.1) is 97.8 Å². The van der Waals surface area contributed by atoms with Gasteiger partial charge in [-0.3, -0.25) is 28.8 Å². The van der Waals surface area contributed by atoms with Crippen LogP contribution in [0, 0.1) is 20.8 Å². The van der Waals surface area contributed by atoms with E-state index in [-0.39, 0.29) is 33.4 Å². The van der Waals surface area contributed by atoms with Crippen molar-refractivity contribution in [2.45, 2.75) is 139 Å². The summed E-state index contributed by atoms with van der Waals surface area (Å²) in [4.78, 5) is 86.6. The molecule has 0 radical (unpaired) electrons. The maximum atomic E-state index is 14.5. The smallest absolute Gasteiger partial charge is 0.266 e. The van der Waals surface area contributed by atoms with Crippen molar-refractivity contribution in [3.05, 3.63) is 261 Å². The molecule has 0 saturated heterocycles. The van der Waals surface area contributed by atoms with Crippen LogP contribution in [0.3, 0.4) is 0 Å². The van der Waals surface area contributed by atoms with Crippen molar-refractivity contribution in [2.24, 2.45) is 0 Å². The van der Waals surface area contributed by atoms with Crippen LogP contribution in [0.15, 0.2) is 211 Å². The van der Waals surface area contributed by atoms with Gasteiger partial charge in [0, 0.05) is 0 Å². The Morgan fingerprint density at radius 2 is 0.433 bits per heavy atom. The molecule has 3 aromatic heterocycles. The Morgan fingerprint density at radius 1 is 0.192 bits per heavy atom. The fourth-order valence-corrected chi connectivity index (χ4v) is 31.8. The van der Waals surface area contributed by atoms with Gasteiger partial charge in [0.1, 0.15) is 0 Å². The molecule has 0 unspecified atom stereocenters. The minimum Gasteiger partial charge on any atom is -0.268 e. The van der Waals surface area contributed by atoms with Gasteiger partial charge in [-0.2, -0.15) is 0 Å². The minimum absolute atomic E-state index is 0.199. The number of hydrogen-bond donors (Lipinski definition) is 0. The van der Waals surface area contributed by atoms with Crippen molar-refractivity contribution in [3.8, 4) is 17.1 Å². The third-order valence-corrected chi connectivity index (χ3v) is 39.7. The lowest BCUT2D eigenvalue weighted by atomic mass is 9.95. The Morgan fingerprint density at radius 3 is 0.683 bits per heavy atom. The van der Waals surface area contributed by atoms with E-state index in [9.17, 15) is 28.8 Å². The Labute approximate surface area is 698 Å². The van der Waals surface area contributed by atoms with Crippen LogP contribution in [0.4, 0.5) is 0 Å². The SMILES string of the molecule is Cc1ccc(-n2c(=O)c3c4cc([Si](C)(C)C)c5ccc6ccc7c([Si](C)(C)C)cc(c3c2=O)c2c7c6c5c42)cc1.Cc1cccc(-n2c(=O)c3c4cc([Si](C)(C)C)c5ccc6ccc7c([Si](C)(C)C)cc(c3c2=O)c2c7c6c5c42)c1.Cc1ccccc1-n1c(=O)c2c3cc([Si](C)(C)C)c4ccc5ccc6c([Si](C)(C)C)cc(c2c1=O)c1c6c5c4c31. The highest BCUT2D eigenvalue weighted by Gasteiger charge is 2.39. The van der Waals surface area contributed by atoms with Gasteiger partial charge >= 0.3 is 0 Å². The average Bonchev–Trinajstić information content (AvgIpc) is 1.51. The standard InChI is InChI=1S/3C35H31NO2Si2/c1-18-8-12-20(13-9-18)36-34(37)32-23-16-25(39(2,3)4)21-14-10-19-11-15-22-26(40(5,6)7)17-24(33(32)35(36)38)31-29(22)27(19)28(21)30(23)31;1-18-9-8-10-20(15-18)36-34(37)32-23-16-25(39(2,3)4)21-13-11-19-12-14-22-26(40(5,6)7)17-24(33(32)35(36)38)31-29(22)27(19)28(21)30(23)31;1-18-10-8-9-11-24(18)36-34(37)32-22-16-25(39(2,3)4)20-14-12-19-13-15-21-26(40(5,6)7)17-23(33(32)35(36)38)31-29(21)27(19)28(20)30(22)31/h3*8-17H,1-7H3. The Balaban J connectivity index is 0.000000108. The molecule has 0 atom stereocenters. The number of nitrogens with zero attached hydrogens (tertiary/aromatic N) is 3. The predicted octanol–water partition coefficient (Wildman–Crippen LogP) is 21.8. The first kappa shape index (κ1) is 74.8. The van der Waals surface area contributed by atoms with E-state index < -0.39 is 48.4 Å². The summed E-state index contributed by atoms with van der Waals surface area (Å²) in [6.07, 6.45) is 0. The normalized spacial score (nSPS) is 13.6. The van der Waals surface area contributed by atoms with E-state index in [1.807, 2.05) is 93.6 Å². The molecular formula is C105H93N3O6Si6. The van der Waals surface area contributed by atoms with Gasteiger partial charge in [-0.15, -0.1) is 0 Å². The lowest BCUT2D eigenvalue weighted by Crippen LogP contribution is -2.38. The van der Waals surface area contributed by atoms with Crippen LogP contribution in [-0.4, -0.2) is 62.1 Å². The summed E-state index contributed by atoms with van der Waals surface area (Å²) in [5.74, 6) is 0. The largest absolute Gasteiger partial charge is 0.268 e. The van der Waals surface area contributed by atoms with Gasteiger partial charge < -0.3 is 0 Å². The van der Waals surface area contributed by atoms with Gasteiger partial charge in [-0.05, 0) is 224 Å². The summed E-state index contributed by atoms with van der Waals surface area (Å²) in [7, 11) is -10.9. The molecule has 24 rings (SSSR count). The predicted molar refractivity (Wildman–Crippen MR) is 536 cm³/mol.